The maximum absolute atomic E-state index is 12.9. The molecule has 134 valence electrons. The predicted molar refractivity (Wildman–Crippen MR) is 78.6 cm³/mol. The molecule has 1 atom stereocenters. The van der Waals surface area contributed by atoms with E-state index in [1.807, 2.05) is 0 Å². The van der Waals surface area contributed by atoms with E-state index in [1.165, 1.54) is 0 Å². The molecule has 1 aliphatic heterocycles. The first-order chi connectivity index (χ1) is 11.7. The fourth-order valence-electron chi connectivity index (χ4n) is 3.70. The number of urea groups is 1. The van der Waals surface area contributed by atoms with Crippen LogP contribution in [0.15, 0.2) is 24.3 Å². The summed E-state index contributed by atoms with van der Waals surface area (Å²) in [6, 6.07) is 5.44. The van der Waals surface area contributed by atoms with Gasteiger partial charge in [0.2, 0.25) is 0 Å². The van der Waals surface area contributed by atoms with Gasteiger partial charge in [0.05, 0.1) is 0 Å². The molecule has 1 aliphatic carbocycles. The van der Waals surface area contributed by atoms with Crippen molar-refractivity contribution in [2.45, 2.75) is 31.0 Å². The van der Waals surface area contributed by atoms with Crippen LogP contribution in [0.25, 0.3) is 0 Å². The molecule has 2 aliphatic rings. The van der Waals surface area contributed by atoms with Crippen molar-refractivity contribution in [2.75, 3.05) is 13.1 Å². The Bertz CT molecular complexity index is 749. The lowest BCUT2D eigenvalue weighted by Gasteiger charge is -2.39. The molecule has 1 saturated heterocycles. The number of aryl methyl sites for hydroxylation is 1. The molecule has 0 bridgehead atoms. The molecule has 1 aromatic carbocycles. The van der Waals surface area contributed by atoms with E-state index >= 15 is 0 Å². The smallest absolute Gasteiger partial charge is 0.406 e. The van der Waals surface area contributed by atoms with Crippen molar-refractivity contribution in [1.29, 1.82) is 0 Å². The summed E-state index contributed by atoms with van der Waals surface area (Å²) in [5.41, 5.74) is -0.542. The van der Waals surface area contributed by atoms with Crippen LogP contribution in [0.2, 0.25) is 0 Å². The monoisotopic (exact) mass is 356 g/mol. The lowest BCUT2D eigenvalue weighted by molar-refractivity contribution is -0.156. The maximum atomic E-state index is 12.9. The number of benzene rings is 1. The number of hydrogen-bond donors (Lipinski definition) is 1. The molecule has 6 nitrogen and oxygen atoms in total. The Morgan fingerprint density at radius 2 is 1.92 bits per heavy atom. The second-order valence-corrected chi connectivity index (χ2v) is 6.14. The third kappa shape index (κ3) is 2.73. The number of nitrogens with zero attached hydrogens (tertiary/aromatic N) is 2. The van der Waals surface area contributed by atoms with Gasteiger partial charge in [0.1, 0.15) is 18.6 Å². The van der Waals surface area contributed by atoms with Gasteiger partial charge in [-0.3, -0.25) is 19.4 Å². The summed E-state index contributed by atoms with van der Waals surface area (Å²) in [5, 5.41) is 9.11. The summed E-state index contributed by atoms with van der Waals surface area (Å²) in [4.78, 5) is 37.4. The predicted octanol–water partition coefficient (Wildman–Crippen LogP) is 2.13. The Hall–Kier alpha value is -2.58. The summed E-state index contributed by atoms with van der Waals surface area (Å²) in [5.74, 6) is -2.40. The third-order valence-corrected chi connectivity index (χ3v) is 4.60. The van der Waals surface area contributed by atoms with E-state index in [9.17, 15) is 27.6 Å². The number of carbonyl (C=O) groups is 3. The highest BCUT2D eigenvalue weighted by molar-refractivity contribution is 6.08. The molecular weight excluding hydrogens is 341 g/mol. The van der Waals surface area contributed by atoms with Crippen LogP contribution in [0.1, 0.15) is 24.0 Å². The van der Waals surface area contributed by atoms with Crippen molar-refractivity contribution in [1.82, 2.24) is 9.80 Å². The fraction of sp³-hybridized carbons (Fsp3) is 0.438. The molecule has 1 unspecified atom stereocenters. The minimum Gasteiger partial charge on any atom is -0.480 e. The maximum Gasteiger partial charge on any atom is 0.406 e. The molecule has 25 heavy (non-hydrogen) atoms. The zero-order chi connectivity index (χ0) is 18.4. The topological polar surface area (TPSA) is 77.9 Å². The van der Waals surface area contributed by atoms with Gasteiger partial charge in [-0.25, -0.2) is 4.79 Å². The third-order valence-electron chi connectivity index (χ3n) is 4.60. The van der Waals surface area contributed by atoms with Crippen LogP contribution >= 0.6 is 0 Å². The zero-order valence-electron chi connectivity index (χ0n) is 13.0. The second-order valence-electron chi connectivity index (χ2n) is 6.14. The lowest BCUT2D eigenvalue weighted by Crippen LogP contribution is -2.50. The van der Waals surface area contributed by atoms with Gasteiger partial charge in [-0.2, -0.15) is 13.2 Å². The number of fused-ring (bicyclic) bond motifs is 2. The van der Waals surface area contributed by atoms with Crippen molar-refractivity contribution in [3.63, 3.8) is 0 Å². The highest BCUT2D eigenvalue weighted by atomic mass is 19.4. The van der Waals surface area contributed by atoms with E-state index in [2.05, 4.69) is 0 Å². The van der Waals surface area contributed by atoms with Crippen LogP contribution in [-0.4, -0.2) is 52.1 Å². The molecule has 1 spiro atoms. The van der Waals surface area contributed by atoms with Crippen LogP contribution in [0.3, 0.4) is 0 Å². The van der Waals surface area contributed by atoms with Crippen molar-refractivity contribution in [3.05, 3.63) is 35.4 Å². The summed E-state index contributed by atoms with van der Waals surface area (Å²) >= 11 is 0. The zero-order valence-corrected chi connectivity index (χ0v) is 13.0. The highest BCUT2D eigenvalue weighted by Crippen LogP contribution is 2.46. The molecule has 1 fully saturated rings. The van der Waals surface area contributed by atoms with Crippen LogP contribution in [0, 0.1) is 0 Å². The molecule has 3 rings (SSSR count). The van der Waals surface area contributed by atoms with E-state index in [0.717, 1.165) is 10.5 Å². The molecule has 0 saturated carbocycles. The van der Waals surface area contributed by atoms with E-state index < -0.39 is 42.7 Å². The van der Waals surface area contributed by atoms with Crippen LogP contribution in [0.5, 0.6) is 0 Å². The number of alkyl halides is 3. The number of halogens is 3. The van der Waals surface area contributed by atoms with Gasteiger partial charge in [0, 0.05) is 0 Å². The number of carbonyl (C=O) groups excluding carboxylic acids is 2. The average Bonchev–Trinajstić information content (AvgIpc) is 2.70. The van der Waals surface area contributed by atoms with E-state index in [4.69, 9.17) is 5.11 Å². The average molecular weight is 356 g/mol. The Morgan fingerprint density at radius 3 is 2.56 bits per heavy atom. The number of aliphatic carboxylic acids is 1. The van der Waals surface area contributed by atoms with Gasteiger partial charge in [-0.15, -0.1) is 0 Å². The fourth-order valence-corrected chi connectivity index (χ4v) is 3.70. The quantitative estimate of drug-likeness (QED) is 0.842. The van der Waals surface area contributed by atoms with Gasteiger partial charge in [0.25, 0.3) is 5.91 Å². The first-order valence-corrected chi connectivity index (χ1v) is 7.67. The normalized spacial score (nSPS) is 23.3. The highest BCUT2D eigenvalue weighted by Gasteiger charge is 2.61. The first kappa shape index (κ1) is 17.2. The van der Waals surface area contributed by atoms with E-state index in [-0.39, 0.29) is 11.3 Å². The van der Waals surface area contributed by atoms with Crippen LogP contribution in [0.4, 0.5) is 18.0 Å². The summed E-state index contributed by atoms with van der Waals surface area (Å²) in [7, 11) is 0. The van der Waals surface area contributed by atoms with Crippen molar-refractivity contribution >= 4 is 17.9 Å². The number of amides is 3. The largest absolute Gasteiger partial charge is 0.480 e. The molecule has 0 radical (unpaired) electrons. The second kappa shape index (κ2) is 5.75. The van der Waals surface area contributed by atoms with E-state index in [0.29, 0.717) is 18.4 Å². The van der Waals surface area contributed by atoms with Gasteiger partial charge < -0.3 is 5.11 Å². The number of rotatable bonds is 3. The first-order valence-electron chi connectivity index (χ1n) is 7.67. The molecular formula is C16H15F3N2O4. The van der Waals surface area contributed by atoms with Crippen molar-refractivity contribution in [2.24, 2.45) is 0 Å². The van der Waals surface area contributed by atoms with E-state index in [1.54, 1.807) is 24.3 Å². The SMILES string of the molecule is O=C(O)CN1C(=O)N(CC(F)(F)F)C(=O)C12CCCc1ccccc12. The van der Waals surface area contributed by atoms with Gasteiger partial charge >= 0.3 is 18.2 Å². The van der Waals surface area contributed by atoms with Crippen LogP contribution in [-0.2, 0) is 21.5 Å². The molecule has 1 heterocycles. The van der Waals surface area contributed by atoms with Gasteiger partial charge in [0.15, 0.2) is 0 Å². The minimum atomic E-state index is -4.76. The van der Waals surface area contributed by atoms with Crippen molar-refractivity contribution in [3.8, 4) is 0 Å². The summed E-state index contributed by atoms with van der Waals surface area (Å²) in [6.07, 6.45) is -3.60. The number of imide groups is 1. The lowest BCUT2D eigenvalue weighted by atomic mass is 9.75. The number of carboxylic acids is 1. The summed E-state index contributed by atoms with van der Waals surface area (Å²) in [6.45, 7) is -2.57. The Balaban J connectivity index is 2.14. The Kier molecular flexibility index (Phi) is 3.97. The van der Waals surface area contributed by atoms with Gasteiger partial charge in [-0.05, 0) is 30.4 Å². The van der Waals surface area contributed by atoms with Crippen LogP contribution < -0.4 is 0 Å². The molecule has 9 heteroatoms. The minimum absolute atomic E-state index is 0.0935. The standard InChI is InChI=1S/C16H15F3N2O4/c17-16(18,19)9-20-13(24)15(21(14(20)25)8-12(22)23)7-3-5-10-4-1-2-6-11(10)15/h1-2,4,6H,3,5,7-9H2,(H,22,23). The summed E-state index contributed by atoms with van der Waals surface area (Å²) < 4.78 is 38.4. The molecule has 1 aromatic rings. The number of carboxylic acid groups (broad SMARTS) is 1. The van der Waals surface area contributed by atoms with Gasteiger partial charge in [-0.1, -0.05) is 24.3 Å². The Labute approximate surface area is 140 Å². The molecule has 0 aromatic heterocycles. The molecule has 1 N–H and O–H groups in total. The Morgan fingerprint density at radius 1 is 1.24 bits per heavy atom. The van der Waals surface area contributed by atoms with Crippen molar-refractivity contribution < 1.29 is 32.7 Å². The molecule has 3 amide bonds. The number of hydrogen-bond acceptors (Lipinski definition) is 3.